The predicted molar refractivity (Wildman–Crippen MR) is 120 cm³/mol. The van der Waals surface area contributed by atoms with Gasteiger partial charge in [0.15, 0.2) is 5.65 Å². The van der Waals surface area contributed by atoms with Crippen LogP contribution in [-0.4, -0.2) is 55.6 Å². The van der Waals surface area contributed by atoms with Gasteiger partial charge in [-0.05, 0) is 25.0 Å². The summed E-state index contributed by atoms with van der Waals surface area (Å²) in [5, 5.41) is 2.41. The molecule has 0 aliphatic carbocycles. The van der Waals surface area contributed by atoms with Crippen molar-refractivity contribution >= 4 is 28.7 Å². The van der Waals surface area contributed by atoms with Crippen molar-refractivity contribution in [2.45, 2.75) is 24.6 Å². The van der Waals surface area contributed by atoms with Crippen LogP contribution in [0.4, 0.5) is 29.5 Å². The van der Waals surface area contributed by atoms with Gasteiger partial charge in [0.2, 0.25) is 0 Å². The van der Waals surface area contributed by atoms with E-state index in [2.05, 4.69) is 25.2 Å². The smallest absolute Gasteiger partial charge is 0.355 e. The maximum atomic E-state index is 13.2. The molecule has 12 heteroatoms. The van der Waals surface area contributed by atoms with Crippen LogP contribution in [0.2, 0.25) is 0 Å². The summed E-state index contributed by atoms with van der Waals surface area (Å²) in [6, 6.07) is 1.92. The summed E-state index contributed by atoms with van der Waals surface area (Å²) in [5.41, 5.74) is -1.23. The lowest BCUT2D eigenvalue weighted by molar-refractivity contribution is -0.138. The number of nitrogens with one attached hydrogen (secondary N) is 2. The van der Waals surface area contributed by atoms with E-state index in [4.69, 9.17) is 0 Å². The van der Waals surface area contributed by atoms with Crippen LogP contribution in [-0.2, 0) is 13.2 Å². The number of aromatic nitrogens is 4. The van der Waals surface area contributed by atoms with Crippen LogP contribution < -0.4 is 15.8 Å². The van der Waals surface area contributed by atoms with E-state index in [1.165, 1.54) is 7.05 Å². The Balaban J connectivity index is 1.32. The molecule has 2 amide bonds. The summed E-state index contributed by atoms with van der Waals surface area (Å²) in [6.45, 7) is 1.54. The van der Waals surface area contributed by atoms with Crippen molar-refractivity contribution in [1.82, 2.24) is 24.4 Å². The lowest BCUT2D eigenvalue weighted by Gasteiger charge is -2.44. The Labute approximate surface area is 191 Å². The number of anilines is 2. The molecule has 0 radical (unpaired) electrons. The molecule has 9 nitrogen and oxygen atoms in total. The number of halogens is 3. The number of nitrogens with zero attached hydrogens (tertiary/aromatic N) is 5. The molecule has 3 aromatic rings. The van der Waals surface area contributed by atoms with E-state index in [0.29, 0.717) is 50.4 Å². The molecule has 0 unspecified atom stereocenters. The van der Waals surface area contributed by atoms with E-state index in [-0.39, 0.29) is 0 Å². The van der Waals surface area contributed by atoms with Crippen molar-refractivity contribution in [2.24, 2.45) is 7.05 Å². The molecule has 0 atom stereocenters. The number of pyridine rings is 1. The minimum Gasteiger partial charge on any atom is -0.355 e. The summed E-state index contributed by atoms with van der Waals surface area (Å²) in [7, 11) is 1.22. The maximum absolute atomic E-state index is 13.2. The number of carbonyl (C=O) groups is 1. The zero-order chi connectivity index (χ0) is 24.1. The molecular formula is C22H22F3N7O2. The highest BCUT2D eigenvalue weighted by atomic mass is 19.4. The molecule has 2 aliphatic rings. The molecule has 1 saturated heterocycles. The number of alkyl halides is 3. The third-order valence-electron chi connectivity index (χ3n) is 6.45. The molecule has 2 aliphatic heterocycles. The molecule has 0 saturated carbocycles. The number of aryl methyl sites for hydroxylation is 1. The van der Waals surface area contributed by atoms with Gasteiger partial charge in [0.25, 0.3) is 5.56 Å². The number of urea groups is 1. The fourth-order valence-electron chi connectivity index (χ4n) is 4.61. The lowest BCUT2D eigenvalue weighted by atomic mass is 9.87. The molecular weight excluding hydrogens is 451 g/mol. The number of rotatable bonds is 2. The van der Waals surface area contributed by atoms with Gasteiger partial charge in [-0.1, -0.05) is 12.2 Å². The van der Waals surface area contributed by atoms with Gasteiger partial charge in [0.05, 0.1) is 17.3 Å². The Morgan fingerprint density at radius 1 is 1.26 bits per heavy atom. The van der Waals surface area contributed by atoms with Gasteiger partial charge in [-0.3, -0.25) is 4.79 Å². The van der Waals surface area contributed by atoms with E-state index < -0.39 is 34.6 Å². The minimum absolute atomic E-state index is 0.306. The molecule has 34 heavy (non-hydrogen) atoms. The van der Waals surface area contributed by atoms with Crippen LogP contribution in [0.3, 0.4) is 0 Å². The largest absolute Gasteiger partial charge is 0.417 e. The first kappa shape index (κ1) is 22.0. The number of H-pyrrole nitrogens is 1. The molecule has 178 valence electrons. The van der Waals surface area contributed by atoms with Crippen LogP contribution in [0.1, 0.15) is 18.4 Å². The van der Waals surface area contributed by atoms with Gasteiger partial charge in [-0.2, -0.15) is 13.2 Å². The van der Waals surface area contributed by atoms with E-state index in [0.717, 1.165) is 15.9 Å². The van der Waals surface area contributed by atoms with Crippen LogP contribution in [0.5, 0.6) is 0 Å². The second-order valence-corrected chi connectivity index (χ2v) is 8.53. The molecule has 1 fully saturated rings. The van der Waals surface area contributed by atoms with Gasteiger partial charge in [-0.15, -0.1) is 0 Å². The second-order valence-electron chi connectivity index (χ2n) is 8.53. The molecule has 2 N–H and O–H groups in total. The average Bonchev–Trinajstić information content (AvgIpc) is 3.43. The number of aromatic amines is 1. The predicted octanol–water partition coefficient (Wildman–Crippen LogP) is 3.12. The average molecular weight is 473 g/mol. The number of hydrogen-bond donors (Lipinski definition) is 2. The zero-order valence-corrected chi connectivity index (χ0v) is 18.3. The third kappa shape index (κ3) is 3.78. The maximum Gasteiger partial charge on any atom is 0.417 e. The number of piperidine rings is 1. The summed E-state index contributed by atoms with van der Waals surface area (Å²) < 4.78 is 40.4. The first-order valence-corrected chi connectivity index (χ1v) is 10.8. The number of hydrogen-bond acceptors (Lipinski definition) is 5. The van der Waals surface area contributed by atoms with E-state index in [1.54, 1.807) is 17.3 Å². The fraction of sp³-hybridized carbons (Fsp3) is 0.364. The molecule has 3 aromatic heterocycles. The van der Waals surface area contributed by atoms with Crippen LogP contribution >= 0.6 is 0 Å². The van der Waals surface area contributed by atoms with Crippen molar-refractivity contribution in [2.75, 3.05) is 29.9 Å². The van der Waals surface area contributed by atoms with Crippen LogP contribution in [0.15, 0.2) is 47.7 Å². The summed E-state index contributed by atoms with van der Waals surface area (Å²) in [6.07, 6.45) is 4.59. The molecule has 1 spiro atoms. The minimum atomic E-state index is -4.64. The monoisotopic (exact) mass is 473 g/mol. The summed E-state index contributed by atoms with van der Waals surface area (Å²) >= 11 is 0. The first-order valence-electron chi connectivity index (χ1n) is 10.8. The highest BCUT2D eigenvalue weighted by Crippen LogP contribution is 2.36. The van der Waals surface area contributed by atoms with Gasteiger partial charge in [0.1, 0.15) is 17.0 Å². The van der Waals surface area contributed by atoms with Crippen LogP contribution in [0.25, 0.3) is 11.2 Å². The number of fused-ring (bicyclic) bond motifs is 1. The first-order chi connectivity index (χ1) is 16.2. The van der Waals surface area contributed by atoms with E-state index >= 15 is 0 Å². The van der Waals surface area contributed by atoms with Gasteiger partial charge in [-0.25, -0.2) is 14.8 Å². The lowest BCUT2D eigenvalue weighted by Crippen LogP contribution is -2.55. The third-order valence-corrected chi connectivity index (χ3v) is 6.45. The normalized spacial score (nSPS) is 17.6. The highest BCUT2D eigenvalue weighted by molar-refractivity contribution is 5.90. The summed E-state index contributed by atoms with van der Waals surface area (Å²) in [4.78, 5) is 41.1. The molecule has 5 rings (SSSR count). The van der Waals surface area contributed by atoms with Gasteiger partial charge in [0, 0.05) is 39.1 Å². The SMILES string of the molecule is Cn1cc(C(F)(F)F)cc(NC(=O)N2CC=CC23CCN(c2cnc4[nH]ccc4n2)CC3)c1=O. The van der Waals surface area contributed by atoms with E-state index in [1.807, 2.05) is 18.2 Å². The van der Waals surface area contributed by atoms with Crippen molar-refractivity contribution in [1.29, 1.82) is 0 Å². The van der Waals surface area contributed by atoms with Gasteiger partial charge < -0.3 is 24.7 Å². The Morgan fingerprint density at radius 2 is 2.03 bits per heavy atom. The molecule has 5 heterocycles. The van der Waals surface area contributed by atoms with Crippen LogP contribution in [0, 0.1) is 0 Å². The Morgan fingerprint density at radius 3 is 2.76 bits per heavy atom. The standard InChI is InChI=1S/C22H22F3N7O2/c1-30-13-14(22(23,24)25)11-16(19(30)33)29-20(34)32-8-2-4-21(32)5-9-31(10-6-21)17-12-27-18-15(28-17)3-7-26-18/h2-4,7,11-13H,5-6,8-10H2,1H3,(H,26,27)(H,29,34). The Bertz CT molecular complexity index is 1340. The van der Waals surface area contributed by atoms with Crippen molar-refractivity contribution in [3.05, 3.63) is 58.8 Å². The zero-order valence-electron chi connectivity index (χ0n) is 18.3. The highest BCUT2D eigenvalue weighted by Gasteiger charge is 2.43. The molecule has 0 aromatic carbocycles. The summed E-state index contributed by atoms with van der Waals surface area (Å²) in [5.74, 6) is 0.743. The number of carbonyl (C=O) groups excluding carboxylic acids is 1. The van der Waals surface area contributed by atoms with Gasteiger partial charge >= 0.3 is 12.2 Å². The quantitative estimate of drug-likeness (QED) is 0.558. The fourth-order valence-corrected chi connectivity index (χ4v) is 4.61. The van der Waals surface area contributed by atoms with Crippen molar-refractivity contribution < 1.29 is 18.0 Å². The number of amides is 2. The van der Waals surface area contributed by atoms with Crippen molar-refractivity contribution in [3.8, 4) is 0 Å². The topological polar surface area (TPSA) is 99.2 Å². The Hall–Kier alpha value is -3.83. The van der Waals surface area contributed by atoms with E-state index in [9.17, 15) is 22.8 Å². The second kappa shape index (κ2) is 7.89. The molecule has 0 bridgehead atoms. The van der Waals surface area contributed by atoms with Crippen molar-refractivity contribution in [3.63, 3.8) is 0 Å². The Kier molecular flexibility index (Phi) is 5.10.